The van der Waals surface area contributed by atoms with Crippen molar-refractivity contribution in [2.45, 2.75) is 71.4 Å². The largest absolute Gasteiger partial charge is 0.377 e. The van der Waals surface area contributed by atoms with Crippen LogP contribution >= 0.6 is 12.4 Å². The van der Waals surface area contributed by atoms with Crippen LogP contribution < -0.4 is 5.73 Å². The van der Waals surface area contributed by atoms with Gasteiger partial charge in [-0.05, 0) is 37.5 Å². The normalized spacial score (nSPS) is 38.6. The number of ether oxygens (including phenoxy) is 1. The van der Waals surface area contributed by atoms with Gasteiger partial charge in [-0.15, -0.1) is 12.4 Å². The van der Waals surface area contributed by atoms with Crippen molar-refractivity contribution in [1.29, 1.82) is 0 Å². The molecule has 3 unspecified atom stereocenters. The maximum Gasteiger partial charge on any atom is 0.243 e. The number of hydrogen-bond acceptors (Lipinski definition) is 3. The van der Waals surface area contributed by atoms with Crippen LogP contribution in [-0.4, -0.2) is 42.1 Å². The molecule has 3 fully saturated rings. The highest BCUT2D eigenvalue weighted by atomic mass is 35.5. The van der Waals surface area contributed by atoms with Crippen molar-refractivity contribution < 1.29 is 9.53 Å². The molecular formula is C18H33ClN2O2. The predicted molar refractivity (Wildman–Crippen MR) is 94.6 cm³/mol. The lowest BCUT2D eigenvalue weighted by Gasteiger charge is -2.65. The van der Waals surface area contributed by atoms with Crippen LogP contribution in [0, 0.1) is 16.7 Å². The zero-order chi connectivity index (χ0) is 16.2. The van der Waals surface area contributed by atoms with E-state index in [9.17, 15) is 4.79 Å². The highest BCUT2D eigenvalue weighted by molar-refractivity contribution is 5.89. The van der Waals surface area contributed by atoms with Crippen molar-refractivity contribution in [2.24, 2.45) is 22.5 Å². The summed E-state index contributed by atoms with van der Waals surface area (Å²) in [5.41, 5.74) is 6.08. The molecule has 0 aromatic carbocycles. The summed E-state index contributed by atoms with van der Waals surface area (Å²) in [6, 6.07) is 0. The van der Waals surface area contributed by atoms with Gasteiger partial charge >= 0.3 is 0 Å². The van der Waals surface area contributed by atoms with Gasteiger partial charge in [-0.1, -0.05) is 27.7 Å². The molecule has 23 heavy (non-hydrogen) atoms. The Bertz CT molecular complexity index is 466. The number of nitrogens with two attached hydrogens (primary N) is 1. The Morgan fingerprint density at radius 1 is 1.13 bits per heavy atom. The lowest BCUT2D eigenvalue weighted by molar-refractivity contribution is -0.230. The van der Waals surface area contributed by atoms with E-state index in [-0.39, 0.29) is 35.8 Å². The number of carbonyl (C=O) groups is 1. The second-order valence-electron chi connectivity index (χ2n) is 8.94. The molecule has 1 aliphatic carbocycles. The molecule has 3 aliphatic rings. The van der Waals surface area contributed by atoms with Gasteiger partial charge in [-0.2, -0.15) is 0 Å². The van der Waals surface area contributed by atoms with Gasteiger partial charge in [0.05, 0.1) is 6.10 Å². The molecule has 5 heteroatoms. The minimum absolute atomic E-state index is 0. The van der Waals surface area contributed by atoms with Gasteiger partial charge in [0.15, 0.2) is 0 Å². The number of fused-ring (bicyclic) bond motifs is 1. The molecule has 1 amide bonds. The molecule has 0 spiro atoms. The minimum atomic E-state index is -0.743. The number of likely N-dealkylation sites (tertiary alicyclic amines) is 1. The number of amides is 1. The first-order valence-corrected chi connectivity index (χ1v) is 8.90. The molecule has 0 bridgehead atoms. The third-order valence-electron chi connectivity index (χ3n) is 6.67. The Kier molecular flexibility index (Phi) is 5.12. The Hall–Kier alpha value is -0.320. The van der Waals surface area contributed by atoms with Crippen molar-refractivity contribution in [2.75, 3.05) is 19.7 Å². The van der Waals surface area contributed by atoms with E-state index in [0.29, 0.717) is 5.41 Å². The Morgan fingerprint density at radius 3 is 2.52 bits per heavy atom. The van der Waals surface area contributed by atoms with Gasteiger partial charge in [-0.3, -0.25) is 4.79 Å². The standard InChI is InChI=1S/C18H32N2O2.ClH/c1-16(2)8-6-10-20(11-9-16)15(21)18(19)13-7-5-12-22-14(13)17(18,3)4;/h13-14H,5-12,19H2,1-4H3;1H. The summed E-state index contributed by atoms with van der Waals surface area (Å²) >= 11 is 0. The van der Waals surface area contributed by atoms with Crippen LogP contribution in [0.15, 0.2) is 0 Å². The summed E-state index contributed by atoms with van der Waals surface area (Å²) in [6.07, 6.45) is 5.54. The van der Waals surface area contributed by atoms with Crippen LogP contribution in [0.2, 0.25) is 0 Å². The SMILES string of the molecule is CC1(C)CCCN(C(=O)C2(N)C3CCCOC3C2(C)C)CC1.Cl. The van der Waals surface area contributed by atoms with Crippen LogP contribution in [0.4, 0.5) is 0 Å². The van der Waals surface area contributed by atoms with Crippen molar-refractivity contribution in [3.63, 3.8) is 0 Å². The molecule has 0 aromatic rings. The third-order valence-corrected chi connectivity index (χ3v) is 6.67. The van der Waals surface area contributed by atoms with Crippen molar-refractivity contribution in [3.8, 4) is 0 Å². The molecule has 2 aliphatic heterocycles. The van der Waals surface area contributed by atoms with E-state index in [4.69, 9.17) is 10.5 Å². The van der Waals surface area contributed by atoms with Crippen LogP contribution in [0.25, 0.3) is 0 Å². The van der Waals surface area contributed by atoms with E-state index in [1.807, 2.05) is 4.90 Å². The second kappa shape index (κ2) is 6.20. The highest BCUT2D eigenvalue weighted by Gasteiger charge is 2.70. The minimum Gasteiger partial charge on any atom is -0.377 e. The third kappa shape index (κ3) is 2.81. The van der Waals surface area contributed by atoms with Crippen molar-refractivity contribution >= 4 is 18.3 Å². The smallest absolute Gasteiger partial charge is 0.243 e. The van der Waals surface area contributed by atoms with Gasteiger partial charge in [0.2, 0.25) is 5.91 Å². The number of carbonyl (C=O) groups excluding carboxylic acids is 1. The van der Waals surface area contributed by atoms with Crippen LogP contribution in [-0.2, 0) is 9.53 Å². The fourth-order valence-corrected chi connectivity index (χ4v) is 4.90. The second-order valence-corrected chi connectivity index (χ2v) is 8.94. The van der Waals surface area contributed by atoms with Gasteiger partial charge in [-0.25, -0.2) is 0 Å². The van der Waals surface area contributed by atoms with Crippen molar-refractivity contribution in [1.82, 2.24) is 4.90 Å². The molecule has 3 rings (SSSR count). The van der Waals surface area contributed by atoms with E-state index in [2.05, 4.69) is 27.7 Å². The Balaban J connectivity index is 0.00000192. The first-order valence-electron chi connectivity index (χ1n) is 8.90. The Labute approximate surface area is 146 Å². The quantitative estimate of drug-likeness (QED) is 0.795. The fraction of sp³-hybridized carbons (Fsp3) is 0.944. The first kappa shape index (κ1) is 19.0. The monoisotopic (exact) mass is 344 g/mol. The summed E-state index contributed by atoms with van der Waals surface area (Å²) in [6.45, 7) is 11.3. The van der Waals surface area contributed by atoms with Crippen LogP contribution in [0.3, 0.4) is 0 Å². The number of nitrogens with zero attached hydrogens (tertiary/aromatic N) is 1. The number of halogens is 1. The molecule has 134 valence electrons. The molecule has 0 aromatic heterocycles. The average Bonchev–Trinajstić information content (AvgIpc) is 2.66. The number of rotatable bonds is 1. The first-order chi connectivity index (χ1) is 10.2. The summed E-state index contributed by atoms with van der Waals surface area (Å²) in [5.74, 6) is 0.363. The summed E-state index contributed by atoms with van der Waals surface area (Å²) < 4.78 is 5.93. The van der Waals surface area contributed by atoms with Gasteiger partial charge < -0.3 is 15.4 Å². The average molecular weight is 345 g/mol. The Morgan fingerprint density at radius 2 is 1.83 bits per heavy atom. The fourth-order valence-electron chi connectivity index (χ4n) is 4.90. The summed E-state index contributed by atoms with van der Waals surface area (Å²) in [5, 5.41) is 0. The molecule has 2 N–H and O–H groups in total. The molecule has 2 saturated heterocycles. The predicted octanol–water partition coefficient (Wildman–Crippen LogP) is 2.98. The van der Waals surface area contributed by atoms with E-state index in [0.717, 1.165) is 45.4 Å². The number of hydrogen-bond donors (Lipinski definition) is 1. The lowest BCUT2D eigenvalue weighted by atomic mass is 9.46. The maximum atomic E-state index is 13.3. The maximum absolute atomic E-state index is 13.3. The van der Waals surface area contributed by atoms with Crippen LogP contribution in [0.5, 0.6) is 0 Å². The van der Waals surface area contributed by atoms with E-state index in [1.165, 1.54) is 6.42 Å². The molecule has 1 saturated carbocycles. The highest BCUT2D eigenvalue weighted by Crippen LogP contribution is 2.58. The lowest BCUT2D eigenvalue weighted by Crippen LogP contribution is -2.82. The zero-order valence-electron chi connectivity index (χ0n) is 15.1. The van der Waals surface area contributed by atoms with Gasteiger partial charge in [0.1, 0.15) is 5.54 Å². The van der Waals surface area contributed by atoms with E-state index >= 15 is 0 Å². The molecule has 3 atom stereocenters. The molecular weight excluding hydrogens is 312 g/mol. The molecule has 0 radical (unpaired) electrons. The van der Waals surface area contributed by atoms with E-state index in [1.54, 1.807) is 0 Å². The van der Waals surface area contributed by atoms with Crippen molar-refractivity contribution in [3.05, 3.63) is 0 Å². The molecule has 2 heterocycles. The summed E-state index contributed by atoms with van der Waals surface area (Å²) in [7, 11) is 0. The topological polar surface area (TPSA) is 55.6 Å². The molecule has 4 nitrogen and oxygen atoms in total. The van der Waals surface area contributed by atoms with E-state index < -0.39 is 5.54 Å². The summed E-state index contributed by atoms with van der Waals surface area (Å²) in [4.78, 5) is 15.3. The zero-order valence-corrected chi connectivity index (χ0v) is 15.9. The van der Waals surface area contributed by atoms with Gasteiger partial charge in [0, 0.05) is 31.0 Å². The van der Waals surface area contributed by atoms with Gasteiger partial charge in [0.25, 0.3) is 0 Å². The van der Waals surface area contributed by atoms with Crippen LogP contribution in [0.1, 0.15) is 59.8 Å².